The first-order chi connectivity index (χ1) is 8.01. The molecule has 0 atom stereocenters. The summed E-state index contributed by atoms with van der Waals surface area (Å²) < 4.78 is 27.4. The molecule has 6 heteroatoms. The summed E-state index contributed by atoms with van der Waals surface area (Å²) in [7, 11) is -4.17. The normalized spacial score (nSPS) is 10.6. The van der Waals surface area contributed by atoms with E-state index in [0.29, 0.717) is 5.56 Å². The molecular formula is C11H10O5S. The van der Waals surface area contributed by atoms with Crippen molar-refractivity contribution in [1.82, 2.24) is 0 Å². The summed E-state index contributed by atoms with van der Waals surface area (Å²) >= 11 is 0. The summed E-state index contributed by atoms with van der Waals surface area (Å²) in [6.45, 7) is 6.57. The fourth-order valence-corrected chi connectivity index (χ4v) is 1.94. The molecule has 0 aliphatic heterocycles. The van der Waals surface area contributed by atoms with E-state index in [1.54, 1.807) is 12.1 Å². The third-order valence-electron chi connectivity index (χ3n) is 1.78. The fourth-order valence-electron chi connectivity index (χ4n) is 1.03. The second-order valence-electron chi connectivity index (χ2n) is 2.87. The van der Waals surface area contributed by atoms with Crippen molar-refractivity contribution in [3.63, 3.8) is 0 Å². The summed E-state index contributed by atoms with van der Waals surface area (Å²) in [6.07, 6.45) is 2.14. The van der Waals surface area contributed by atoms with Gasteiger partial charge in [0.1, 0.15) is 4.90 Å². The second kappa shape index (κ2) is 5.42. The van der Waals surface area contributed by atoms with Crippen LogP contribution in [0.25, 0.3) is 6.08 Å². The number of benzene rings is 1. The third-order valence-corrected chi connectivity index (χ3v) is 2.94. The smallest absolute Gasteiger partial charge is 0.276 e. The molecule has 0 unspecified atom stereocenters. The van der Waals surface area contributed by atoms with Crippen LogP contribution in [0.3, 0.4) is 0 Å². The summed E-state index contributed by atoms with van der Waals surface area (Å²) in [5.74, 6) is -0.996. The van der Waals surface area contributed by atoms with Gasteiger partial charge in [-0.25, -0.2) is 4.79 Å². The van der Waals surface area contributed by atoms with E-state index in [1.807, 2.05) is 0 Å². The van der Waals surface area contributed by atoms with E-state index >= 15 is 0 Å². The highest BCUT2D eigenvalue weighted by atomic mass is 32.2. The Labute approximate surface area is 99.0 Å². The predicted molar refractivity (Wildman–Crippen MR) is 61.1 cm³/mol. The lowest BCUT2D eigenvalue weighted by Crippen LogP contribution is -2.11. The standard InChI is InChI=1S/C11H10O5S/c1-3-9-7-5-6-8-10(9)17(13,14)16-15-11(12)4-2/h3-8H,1-2H2. The maximum atomic E-state index is 11.7. The molecule has 5 nitrogen and oxygen atoms in total. The number of carbonyl (C=O) groups excluding carboxylic acids is 1. The van der Waals surface area contributed by atoms with Crippen molar-refractivity contribution in [3.05, 3.63) is 49.1 Å². The Balaban J connectivity index is 3.01. The van der Waals surface area contributed by atoms with E-state index < -0.39 is 16.1 Å². The predicted octanol–water partition coefficient (Wildman–Crippen LogP) is 1.68. The minimum atomic E-state index is -4.17. The fraction of sp³-hybridized carbons (Fsp3) is 0. The lowest BCUT2D eigenvalue weighted by Gasteiger charge is -2.05. The van der Waals surface area contributed by atoms with Gasteiger partial charge in [-0.1, -0.05) is 37.4 Å². The average molecular weight is 254 g/mol. The minimum absolute atomic E-state index is 0.133. The third kappa shape index (κ3) is 3.27. The van der Waals surface area contributed by atoms with Crippen molar-refractivity contribution in [2.24, 2.45) is 0 Å². The molecule has 0 aliphatic carbocycles. The van der Waals surface area contributed by atoms with Crippen LogP contribution in [-0.2, 0) is 24.1 Å². The molecule has 0 amide bonds. The Morgan fingerprint density at radius 2 is 1.88 bits per heavy atom. The van der Waals surface area contributed by atoms with Crippen molar-refractivity contribution in [2.75, 3.05) is 0 Å². The van der Waals surface area contributed by atoms with E-state index in [-0.39, 0.29) is 4.90 Å². The largest absolute Gasteiger partial charge is 0.366 e. The van der Waals surface area contributed by atoms with Crippen LogP contribution in [0.1, 0.15) is 5.56 Å². The van der Waals surface area contributed by atoms with Crippen molar-refractivity contribution in [3.8, 4) is 0 Å². The minimum Gasteiger partial charge on any atom is -0.276 e. The van der Waals surface area contributed by atoms with Gasteiger partial charge < -0.3 is 0 Å². The molecule has 17 heavy (non-hydrogen) atoms. The van der Waals surface area contributed by atoms with Gasteiger partial charge in [0.15, 0.2) is 0 Å². The first kappa shape index (κ1) is 13.1. The van der Waals surface area contributed by atoms with Gasteiger partial charge in [0.25, 0.3) is 0 Å². The average Bonchev–Trinajstić information content (AvgIpc) is 2.35. The topological polar surface area (TPSA) is 69.7 Å². The van der Waals surface area contributed by atoms with Gasteiger partial charge in [0.05, 0.1) is 0 Å². The van der Waals surface area contributed by atoms with Crippen LogP contribution >= 0.6 is 0 Å². The number of hydrogen-bond acceptors (Lipinski definition) is 5. The quantitative estimate of drug-likeness (QED) is 0.454. The maximum absolute atomic E-state index is 11.7. The molecule has 0 radical (unpaired) electrons. The molecule has 0 heterocycles. The number of hydrogen-bond donors (Lipinski definition) is 0. The molecule has 0 N–H and O–H groups in total. The van der Waals surface area contributed by atoms with Crippen LogP contribution in [0.5, 0.6) is 0 Å². The van der Waals surface area contributed by atoms with Gasteiger partial charge in [-0.2, -0.15) is 8.42 Å². The zero-order chi connectivity index (χ0) is 12.9. The van der Waals surface area contributed by atoms with E-state index in [4.69, 9.17) is 0 Å². The highest BCUT2D eigenvalue weighted by molar-refractivity contribution is 7.86. The van der Waals surface area contributed by atoms with E-state index in [1.165, 1.54) is 18.2 Å². The van der Waals surface area contributed by atoms with Crippen molar-refractivity contribution in [1.29, 1.82) is 0 Å². The Bertz CT molecular complexity index is 545. The first-order valence-electron chi connectivity index (χ1n) is 4.50. The highest BCUT2D eigenvalue weighted by Gasteiger charge is 2.20. The van der Waals surface area contributed by atoms with Crippen molar-refractivity contribution in [2.45, 2.75) is 4.90 Å². The Kier molecular flexibility index (Phi) is 4.19. The van der Waals surface area contributed by atoms with Gasteiger partial charge in [-0.15, -0.1) is 0 Å². The summed E-state index contributed by atoms with van der Waals surface area (Å²) in [5, 5.41) is 0. The van der Waals surface area contributed by atoms with Gasteiger partial charge in [-0.3, -0.25) is 4.89 Å². The van der Waals surface area contributed by atoms with Crippen LogP contribution < -0.4 is 0 Å². The van der Waals surface area contributed by atoms with Gasteiger partial charge in [-0.05, 0) is 16.0 Å². The summed E-state index contributed by atoms with van der Waals surface area (Å²) in [5.41, 5.74) is 0.349. The monoisotopic (exact) mass is 254 g/mol. The van der Waals surface area contributed by atoms with Gasteiger partial charge in [0.2, 0.25) is 0 Å². The summed E-state index contributed by atoms with van der Waals surface area (Å²) in [6, 6.07) is 6.01. The van der Waals surface area contributed by atoms with E-state index in [9.17, 15) is 13.2 Å². The Morgan fingerprint density at radius 1 is 1.24 bits per heavy atom. The molecule has 1 aromatic rings. The Morgan fingerprint density at radius 3 is 2.47 bits per heavy atom. The molecule has 0 saturated carbocycles. The molecule has 90 valence electrons. The van der Waals surface area contributed by atoms with Gasteiger partial charge in [0, 0.05) is 6.08 Å². The SMILES string of the molecule is C=CC(=O)OOS(=O)(=O)c1ccccc1C=C. The van der Waals surface area contributed by atoms with E-state index in [0.717, 1.165) is 6.08 Å². The zero-order valence-electron chi connectivity index (χ0n) is 8.83. The lowest BCUT2D eigenvalue weighted by atomic mass is 10.2. The van der Waals surface area contributed by atoms with E-state index in [2.05, 4.69) is 22.4 Å². The van der Waals surface area contributed by atoms with Gasteiger partial charge >= 0.3 is 16.1 Å². The molecule has 0 aliphatic rings. The molecule has 0 spiro atoms. The zero-order valence-corrected chi connectivity index (χ0v) is 9.64. The molecular weight excluding hydrogens is 244 g/mol. The Hall–Kier alpha value is -1.92. The first-order valence-corrected chi connectivity index (χ1v) is 5.91. The van der Waals surface area contributed by atoms with Crippen molar-refractivity contribution >= 4 is 22.2 Å². The van der Waals surface area contributed by atoms with Crippen molar-refractivity contribution < 1.29 is 22.4 Å². The molecule has 0 saturated heterocycles. The van der Waals surface area contributed by atoms with Crippen LogP contribution in [0.15, 0.2) is 48.4 Å². The van der Waals surface area contributed by atoms with Crippen LogP contribution in [0, 0.1) is 0 Å². The number of rotatable bonds is 5. The molecule has 1 aromatic carbocycles. The lowest BCUT2D eigenvalue weighted by molar-refractivity contribution is -0.204. The maximum Gasteiger partial charge on any atom is 0.366 e. The highest BCUT2D eigenvalue weighted by Crippen LogP contribution is 2.18. The number of carbonyl (C=O) groups is 1. The summed E-state index contributed by atoms with van der Waals surface area (Å²) in [4.78, 5) is 14.6. The van der Waals surface area contributed by atoms with Crippen LogP contribution in [0.4, 0.5) is 0 Å². The van der Waals surface area contributed by atoms with Crippen LogP contribution in [0.2, 0.25) is 0 Å². The molecule has 1 rings (SSSR count). The second-order valence-corrected chi connectivity index (χ2v) is 4.35. The molecule has 0 bridgehead atoms. The molecule has 0 aromatic heterocycles. The van der Waals surface area contributed by atoms with Crippen LogP contribution in [-0.4, -0.2) is 14.4 Å². The molecule has 0 fully saturated rings.